The van der Waals surface area contributed by atoms with Gasteiger partial charge in [-0.25, -0.2) is 9.07 Å². The van der Waals surface area contributed by atoms with E-state index in [0.717, 1.165) is 5.56 Å². The molecule has 0 aliphatic heterocycles. The molecule has 1 atom stereocenters. The predicted molar refractivity (Wildman–Crippen MR) is 77.9 cm³/mol. The van der Waals surface area contributed by atoms with Crippen molar-refractivity contribution in [3.8, 4) is 11.4 Å². The van der Waals surface area contributed by atoms with Crippen molar-refractivity contribution in [2.45, 2.75) is 13.0 Å². The van der Waals surface area contributed by atoms with Gasteiger partial charge in [-0.1, -0.05) is 30.3 Å². The lowest BCUT2D eigenvalue weighted by molar-refractivity contribution is 0.512. The fourth-order valence-corrected chi connectivity index (χ4v) is 2.27. The van der Waals surface area contributed by atoms with Gasteiger partial charge >= 0.3 is 0 Å². The van der Waals surface area contributed by atoms with Gasteiger partial charge in [0.15, 0.2) is 5.82 Å². The fraction of sp³-hybridized carbons (Fsp3) is 0.133. The SMILES string of the molecule is CC(c1ccccc1F)n1nnnc1-c1cccc(N)c1. The molecule has 0 bridgehead atoms. The number of nitrogen functional groups attached to an aromatic ring is 1. The summed E-state index contributed by atoms with van der Waals surface area (Å²) in [5.41, 5.74) is 7.75. The lowest BCUT2D eigenvalue weighted by Crippen LogP contribution is -2.12. The molecule has 0 spiro atoms. The molecule has 6 heteroatoms. The number of rotatable bonds is 3. The molecule has 5 nitrogen and oxygen atoms in total. The van der Waals surface area contributed by atoms with Gasteiger partial charge in [0.25, 0.3) is 0 Å². The van der Waals surface area contributed by atoms with E-state index in [4.69, 9.17) is 5.73 Å². The summed E-state index contributed by atoms with van der Waals surface area (Å²) >= 11 is 0. The molecule has 3 aromatic rings. The smallest absolute Gasteiger partial charge is 0.182 e. The first-order valence-electron chi connectivity index (χ1n) is 6.55. The lowest BCUT2D eigenvalue weighted by atomic mass is 10.1. The molecule has 0 amide bonds. The number of halogens is 1. The Morgan fingerprint density at radius 1 is 1.14 bits per heavy atom. The third-order valence-corrected chi connectivity index (χ3v) is 3.36. The van der Waals surface area contributed by atoms with Crippen LogP contribution >= 0.6 is 0 Å². The van der Waals surface area contributed by atoms with Crippen LogP contribution in [0, 0.1) is 5.82 Å². The molecule has 21 heavy (non-hydrogen) atoms. The monoisotopic (exact) mass is 283 g/mol. The molecule has 0 radical (unpaired) electrons. The van der Waals surface area contributed by atoms with Crippen LogP contribution in [0.15, 0.2) is 48.5 Å². The van der Waals surface area contributed by atoms with E-state index in [-0.39, 0.29) is 11.9 Å². The van der Waals surface area contributed by atoms with E-state index in [9.17, 15) is 4.39 Å². The zero-order valence-corrected chi connectivity index (χ0v) is 11.4. The molecule has 0 saturated carbocycles. The van der Waals surface area contributed by atoms with Gasteiger partial charge in [0, 0.05) is 16.8 Å². The summed E-state index contributed by atoms with van der Waals surface area (Å²) in [4.78, 5) is 0. The maximum atomic E-state index is 13.9. The largest absolute Gasteiger partial charge is 0.399 e. The quantitative estimate of drug-likeness (QED) is 0.750. The Hall–Kier alpha value is -2.76. The first kappa shape index (κ1) is 13.2. The van der Waals surface area contributed by atoms with Crippen molar-refractivity contribution >= 4 is 5.69 Å². The molecule has 3 rings (SSSR count). The van der Waals surface area contributed by atoms with Gasteiger partial charge in [-0.05, 0) is 35.5 Å². The van der Waals surface area contributed by atoms with Crippen LogP contribution in [0.25, 0.3) is 11.4 Å². The maximum Gasteiger partial charge on any atom is 0.182 e. The van der Waals surface area contributed by atoms with Crippen LogP contribution in [0.2, 0.25) is 0 Å². The van der Waals surface area contributed by atoms with E-state index in [1.54, 1.807) is 35.0 Å². The average Bonchev–Trinajstić information content (AvgIpc) is 2.96. The predicted octanol–water partition coefficient (Wildman–Crippen LogP) is 2.67. The van der Waals surface area contributed by atoms with Gasteiger partial charge in [-0.3, -0.25) is 0 Å². The Balaban J connectivity index is 2.05. The standard InChI is InChI=1S/C15H14FN5/c1-10(13-7-2-3-8-14(13)16)21-15(18-19-20-21)11-5-4-6-12(17)9-11/h2-10H,17H2,1H3. The van der Waals surface area contributed by atoms with Crippen LogP contribution in [0.5, 0.6) is 0 Å². The number of nitrogens with two attached hydrogens (primary N) is 1. The van der Waals surface area contributed by atoms with Crippen LogP contribution in [0.4, 0.5) is 10.1 Å². The lowest BCUT2D eigenvalue weighted by Gasteiger charge is -2.14. The molecular weight excluding hydrogens is 269 g/mol. The van der Waals surface area contributed by atoms with Gasteiger partial charge in [-0.2, -0.15) is 0 Å². The van der Waals surface area contributed by atoms with E-state index < -0.39 is 0 Å². The van der Waals surface area contributed by atoms with Crippen LogP contribution in [-0.2, 0) is 0 Å². The Labute approximate surface area is 121 Å². The molecule has 2 N–H and O–H groups in total. The van der Waals surface area contributed by atoms with Crippen molar-refractivity contribution in [2.24, 2.45) is 0 Å². The fourth-order valence-electron chi connectivity index (χ4n) is 2.27. The number of tetrazole rings is 1. The number of nitrogens with zero attached hydrogens (tertiary/aromatic N) is 4. The number of aromatic nitrogens is 4. The Morgan fingerprint density at radius 3 is 2.71 bits per heavy atom. The van der Waals surface area contributed by atoms with Crippen LogP contribution in [0.1, 0.15) is 18.5 Å². The summed E-state index contributed by atoms with van der Waals surface area (Å²) in [6.45, 7) is 1.85. The average molecular weight is 283 g/mol. The first-order chi connectivity index (χ1) is 10.2. The van der Waals surface area contributed by atoms with Crippen LogP contribution < -0.4 is 5.73 Å². The zero-order chi connectivity index (χ0) is 14.8. The molecule has 106 valence electrons. The number of anilines is 1. The van der Waals surface area contributed by atoms with E-state index in [1.807, 2.05) is 19.1 Å². The number of hydrogen-bond donors (Lipinski definition) is 1. The third kappa shape index (κ3) is 2.47. The first-order valence-corrected chi connectivity index (χ1v) is 6.55. The van der Waals surface area contributed by atoms with Crippen molar-refractivity contribution < 1.29 is 4.39 Å². The van der Waals surface area contributed by atoms with E-state index in [0.29, 0.717) is 17.1 Å². The summed E-state index contributed by atoms with van der Waals surface area (Å²) in [5, 5.41) is 11.7. The molecule has 0 saturated heterocycles. The highest BCUT2D eigenvalue weighted by molar-refractivity contribution is 5.60. The van der Waals surface area contributed by atoms with Gasteiger partial charge in [0.2, 0.25) is 0 Å². The van der Waals surface area contributed by atoms with Gasteiger partial charge < -0.3 is 5.73 Å². The van der Waals surface area contributed by atoms with E-state index in [1.165, 1.54) is 6.07 Å². The second-order valence-corrected chi connectivity index (χ2v) is 4.77. The highest BCUT2D eigenvalue weighted by Crippen LogP contribution is 2.25. The Morgan fingerprint density at radius 2 is 1.95 bits per heavy atom. The summed E-state index contributed by atoms with van der Waals surface area (Å²) in [6.07, 6.45) is 0. The molecule has 0 aliphatic carbocycles. The number of hydrogen-bond acceptors (Lipinski definition) is 4. The molecular formula is C15H14FN5. The Kier molecular flexibility index (Phi) is 3.35. The highest BCUT2D eigenvalue weighted by Gasteiger charge is 2.18. The van der Waals surface area contributed by atoms with Crippen molar-refractivity contribution in [3.63, 3.8) is 0 Å². The minimum Gasteiger partial charge on any atom is -0.399 e. The second kappa shape index (κ2) is 5.32. The highest BCUT2D eigenvalue weighted by atomic mass is 19.1. The van der Waals surface area contributed by atoms with Crippen molar-refractivity contribution in [2.75, 3.05) is 5.73 Å². The minimum atomic E-state index is -0.322. The zero-order valence-electron chi connectivity index (χ0n) is 11.4. The van der Waals surface area contributed by atoms with E-state index >= 15 is 0 Å². The summed E-state index contributed by atoms with van der Waals surface area (Å²) in [7, 11) is 0. The molecule has 1 aromatic heterocycles. The summed E-state index contributed by atoms with van der Waals surface area (Å²) in [5.74, 6) is 0.275. The van der Waals surface area contributed by atoms with Crippen molar-refractivity contribution in [3.05, 3.63) is 59.9 Å². The van der Waals surface area contributed by atoms with Crippen LogP contribution in [-0.4, -0.2) is 20.2 Å². The molecule has 0 fully saturated rings. The van der Waals surface area contributed by atoms with Crippen LogP contribution in [0.3, 0.4) is 0 Å². The topological polar surface area (TPSA) is 69.6 Å². The molecule has 0 aliphatic rings. The van der Waals surface area contributed by atoms with Gasteiger partial charge in [-0.15, -0.1) is 5.10 Å². The normalized spacial score (nSPS) is 12.3. The molecule has 2 aromatic carbocycles. The maximum absolute atomic E-state index is 13.9. The minimum absolute atomic E-state index is 0.279. The summed E-state index contributed by atoms with van der Waals surface area (Å²) in [6, 6.07) is 13.6. The van der Waals surface area contributed by atoms with E-state index in [2.05, 4.69) is 15.5 Å². The van der Waals surface area contributed by atoms with Gasteiger partial charge in [0.05, 0.1) is 6.04 Å². The van der Waals surface area contributed by atoms with Crippen molar-refractivity contribution in [1.82, 2.24) is 20.2 Å². The van der Waals surface area contributed by atoms with Gasteiger partial charge in [0.1, 0.15) is 5.82 Å². The Bertz CT molecular complexity index is 768. The molecule has 1 unspecified atom stereocenters. The number of benzene rings is 2. The van der Waals surface area contributed by atoms with Crippen molar-refractivity contribution in [1.29, 1.82) is 0 Å². The second-order valence-electron chi connectivity index (χ2n) is 4.77. The third-order valence-electron chi connectivity index (χ3n) is 3.36. The summed E-state index contributed by atoms with van der Waals surface area (Å²) < 4.78 is 15.5. The molecule has 1 heterocycles.